The fraction of sp³-hybridized carbons (Fsp3) is 0.250. The van der Waals surface area contributed by atoms with Crippen molar-refractivity contribution in [1.29, 1.82) is 0 Å². The highest BCUT2D eigenvalue weighted by Crippen LogP contribution is 2.26. The van der Waals surface area contributed by atoms with Crippen LogP contribution in [0.5, 0.6) is 0 Å². The fourth-order valence-electron chi connectivity index (χ4n) is 2.13. The Morgan fingerprint density at radius 1 is 1.47 bits per heavy atom. The van der Waals surface area contributed by atoms with Gasteiger partial charge in [0.05, 0.1) is 9.47 Å². The van der Waals surface area contributed by atoms with E-state index in [0.29, 0.717) is 6.42 Å². The maximum Gasteiger partial charge on any atom is 0.326 e. The molecule has 0 saturated heterocycles. The fourth-order valence-corrected chi connectivity index (χ4v) is 2.74. The van der Waals surface area contributed by atoms with Gasteiger partial charge in [-0.15, -0.1) is 0 Å². The molecule has 1 aromatic heterocycles. The lowest BCUT2D eigenvalue weighted by Crippen LogP contribution is -2.31. The predicted octanol–water partition coefficient (Wildman–Crippen LogP) is 2.60. The Balaban J connectivity index is 2.34. The normalized spacial score (nSPS) is 12.9. The topological polar surface area (TPSA) is 45.3 Å². The molecule has 2 aromatic rings. The van der Waals surface area contributed by atoms with Gasteiger partial charge in [-0.3, -0.25) is 9.24 Å². The maximum atomic E-state index is 11.8. The number of carbonyl (C=O) groups is 1. The van der Waals surface area contributed by atoms with E-state index in [1.165, 1.54) is 5.56 Å². The molecule has 1 N–H and O–H groups in total. The van der Waals surface area contributed by atoms with Crippen LogP contribution in [0.4, 0.5) is 0 Å². The van der Waals surface area contributed by atoms with Crippen LogP contribution < -0.4 is 0 Å². The molecule has 1 heterocycles. The van der Waals surface area contributed by atoms with Gasteiger partial charge in [0.1, 0.15) is 6.04 Å². The van der Waals surface area contributed by atoms with Gasteiger partial charge in [0.2, 0.25) is 0 Å². The zero-order valence-electron chi connectivity index (χ0n) is 10.6. The van der Waals surface area contributed by atoms with E-state index in [2.05, 4.69) is 42.8 Å². The highest BCUT2D eigenvalue weighted by atomic mass is 31.1. The van der Waals surface area contributed by atoms with Gasteiger partial charge in [0.15, 0.2) is 0 Å². The lowest BCUT2D eigenvalue weighted by Gasteiger charge is -2.20. The first-order valence-electron chi connectivity index (χ1n) is 5.79. The van der Waals surface area contributed by atoms with Crippen molar-refractivity contribution < 1.29 is 9.32 Å². The molecule has 0 saturated carbocycles. The number of benzene rings is 1. The van der Waals surface area contributed by atoms with Gasteiger partial charge >= 0.3 is 5.97 Å². The van der Waals surface area contributed by atoms with Gasteiger partial charge < -0.3 is 9.51 Å². The molecule has 0 spiro atoms. The van der Waals surface area contributed by atoms with Crippen LogP contribution in [-0.4, -0.2) is 21.4 Å². The third-order valence-corrected chi connectivity index (χ3v) is 4.12. The molecule has 7 heteroatoms. The summed E-state index contributed by atoms with van der Waals surface area (Å²) in [5, 5.41) is 1.15. The van der Waals surface area contributed by atoms with Crippen molar-refractivity contribution in [1.82, 2.24) is 9.42 Å². The zero-order valence-corrected chi connectivity index (χ0v) is 14.1. The Kier molecular flexibility index (Phi) is 4.92. The smallest absolute Gasteiger partial charge is 0.326 e. The number of aryl methyl sites for hydroxylation is 1. The summed E-state index contributed by atoms with van der Waals surface area (Å²) in [6.45, 7) is 2.06. The number of fused-ring (bicyclic) bond motifs is 1. The molecular weight excluding hydrogens is 297 g/mol. The number of hydrogen-bond donors (Lipinski definition) is 1. The largest absolute Gasteiger partial charge is 0.450 e. The van der Waals surface area contributed by atoms with E-state index in [1.807, 2.05) is 21.7 Å². The first-order valence-corrected chi connectivity index (χ1v) is 7.29. The van der Waals surface area contributed by atoms with E-state index in [9.17, 15) is 4.79 Å². The quantitative estimate of drug-likeness (QED) is 0.882. The molecule has 4 nitrogen and oxygen atoms in total. The maximum absolute atomic E-state index is 11.8. The molecule has 102 valence electrons. The summed E-state index contributed by atoms with van der Waals surface area (Å²) in [4.78, 5) is 15.0. The van der Waals surface area contributed by atoms with E-state index in [4.69, 9.17) is 4.52 Å². The first kappa shape index (κ1) is 14.9. The summed E-state index contributed by atoms with van der Waals surface area (Å²) in [5.74, 6) is -0.281. The Hall–Kier alpha value is -0.520. The second kappa shape index (κ2) is 6.29. The molecule has 0 aliphatic carbocycles. The number of aromatic nitrogens is 1. The number of carbonyl (C=O) groups excluding carboxylic acids is 1. The first-order chi connectivity index (χ1) is 9.04. The third kappa shape index (κ3) is 3.15. The van der Waals surface area contributed by atoms with Crippen LogP contribution in [0.1, 0.15) is 11.1 Å². The minimum atomic E-state index is -0.355. The van der Waals surface area contributed by atoms with Crippen LogP contribution in [0.15, 0.2) is 24.4 Å². The lowest BCUT2D eigenvalue weighted by molar-refractivity contribution is -0.136. The van der Waals surface area contributed by atoms with Crippen molar-refractivity contribution in [2.45, 2.75) is 19.4 Å². The molecule has 1 aromatic carbocycles. The number of aromatic amines is 1. The van der Waals surface area contributed by atoms with Crippen molar-refractivity contribution in [2.24, 2.45) is 0 Å². The Bertz CT molecular complexity index is 598. The molecule has 4 unspecified atom stereocenters. The summed E-state index contributed by atoms with van der Waals surface area (Å²) in [6.07, 6.45) is 2.54. The average Bonchev–Trinajstić information content (AvgIpc) is 2.79. The van der Waals surface area contributed by atoms with Crippen molar-refractivity contribution >= 4 is 45.1 Å². The molecule has 0 aliphatic rings. The summed E-state index contributed by atoms with van der Waals surface area (Å²) < 4.78 is 6.47. The van der Waals surface area contributed by atoms with Crippen LogP contribution in [0.2, 0.25) is 0 Å². The van der Waals surface area contributed by atoms with Crippen molar-refractivity contribution in [3.05, 3.63) is 35.5 Å². The number of nitrogens with zero attached hydrogens (tertiary/aromatic N) is 1. The highest BCUT2D eigenvalue weighted by Gasteiger charge is 2.23. The molecule has 0 amide bonds. The number of para-hydroxylation sites is 1. The average molecular weight is 314 g/mol. The van der Waals surface area contributed by atoms with Gasteiger partial charge in [0, 0.05) is 23.5 Å². The van der Waals surface area contributed by atoms with Crippen LogP contribution in [0, 0.1) is 6.92 Å². The Morgan fingerprint density at radius 3 is 2.84 bits per heavy atom. The molecule has 4 atom stereocenters. The second-order valence-corrected chi connectivity index (χ2v) is 6.44. The minimum Gasteiger partial charge on any atom is -0.450 e. The Morgan fingerprint density at radius 2 is 2.21 bits per heavy atom. The molecule has 0 aliphatic heterocycles. The van der Waals surface area contributed by atoms with E-state index >= 15 is 0 Å². The highest BCUT2D eigenvalue weighted by molar-refractivity contribution is 7.31. The zero-order chi connectivity index (χ0) is 14.0. The van der Waals surface area contributed by atoms with Crippen LogP contribution in [0.3, 0.4) is 0 Å². The molecule has 2 rings (SSSR count). The van der Waals surface area contributed by atoms with E-state index < -0.39 is 0 Å². The molecular formula is C12H17N2O2P3. The minimum absolute atomic E-state index is 0.281. The predicted molar refractivity (Wildman–Crippen MR) is 87.6 cm³/mol. The van der Waals surface area contributed by atoms with Gasteiger partial charge in [0.25, 0.3) is 0 Å². The van der Waals surface area contributed by atoms with E-state index in [1.54, 1.807) is 4.44 Å². The van der Waals surface area contributed by atoms with Crippen LogP contribution in [-0.2, 0) is 15.7 Å². The molecule has 0 bridgehead atoms. The number of hydrogen-bond acceptors (Lipinski definition) is 3. The van der Waals surface area contributed by atoms with Gasteiger partial charge in [-0.1, -0.05) is 37.0 Å². The number of H-pyrrole nitrogens is 1. The summed E-state index contributed by atoms with van der Waals surface area (Å²) in [7, 11) is 6.97. The van der Waals surface area contributed by atoms with Crippen LogP contribution >= 0.6 is 28.2 Å². The SMILES string of the molecule is Cc1cccc2c(CC(C(=O)OP)N(P)P)c[nH]c12. The Labute approximate surface area is 119 Å². The van der Waals surface area contributed by atoms with Crippen LogP contribution in [0.25, 0.3) is 10.9 Å². The van der Waals surface area contributed by atoms with Gasteiger partial charge in [-0.2, -0.15) is 0 Å². The standard InChI is InChI=1S/C12H17N2O2P3/c1-7-3-2-4-9-8(6-13-11(7)9)5-10(14(17)18)12(15)16-19/h2-4,6,10,13H,5,17-19H2,1H3. The van der Waals surface area contributed by atoms with Crippen molar-refractivity contribution in [3.63, 3.8) is 0 Å². The van der Waals surface area contributed by atoms with Crippen molar-refractivity contribution in [3.8, 4) is 0 Å². The molecule has 0 radical (unpaired) electrons. The molecule has 0 fully saturated rings. The van der Waals surface area contributed by atoms with E-state index in [0.717, 1.165) is 16.5 Å². The lowest BCUT2D eigenvalue weighted by atomic mass is 10.0. The molecule has 19 heavy (non-hydrogen) atoms. The summed E-state index contributed by atoms with van der Waals surface area (Å²) in [5.41, 5.74) is 3.42. The van der Waals surface area contributed by atoms with E-state index in [-0.39, 0.29) is 12.0 Å². The number of nitrogens with one attached hydrogen (secondary N) is 1. The summed E-state index contributed by atoms with van der Waals surface area (Å²) >= 11 is 0. The van der Waals surface area contributed by atoms with Gasteiger partial charge in [-0.25, -0.2) is 0 Å². The van der Waals surface area contributed by atoms with Gasteiger partial charge in [-0.05, 0) is 18.1 Å². The third-order valence-electron chi connectivity index (χ3n) is 3.17. The number of rotatable bonds is 4. The summed E-state index contributed by atoms with van der Waals surface area (Å²) in [6, 6.07) is 5.80. The monoisotopic (exact) mass is 314 g/mol. The second-order valence-electron chi connectivity index (χ2n) is 4.42. The van der Waals surface area contributed by atoms with Crippen molar-refractivity contribution in [2.75, 3.05) is 0 Å².